The molecule has 0 aliphatic carbocycles. The van der Waals surface area contributed by atoms with E-state index in [1.807, 2.05) is 30.9 Å². The third kappa shape index (κ3) is 6.39. The van der Waals surface area contributed by atoms with Crippen LogP contribution >= 0.6 is 0 Å². The predicted molar refractivity (Wildman–Crippen MR) is 114 cm³/mol. The van der Waals surface area contributed by atoms with Gasteiger partial charge in [-0.05, 0) is 32.0 Å². The summed E-state index contributed by atoms with van der Waals surface area (Å²) in [7, 11) is 0. The number of carbonyl (C=O) groups excluding carboxylic acids is 1. The molecule has 0 bridgehead atoms. The van der Waals surface area contributed by atoms with E-state index in [4.69, 9.17) is 25.4 Å². The molecule has 0 unspecified atom stereocenters. The second kappa shape index (κ2) is 10.2. The highest BCUT2D eigenvalue weighted by Gasteiger charge is 2.31. The maximum atomic E-state index is 14.8. The molecule has 1 aliphatic rings. The van der Waals surface area contributed by atoms with Gasteiger partial charge >= 0.3 is 5.97 Å². The first kappa shape index (κ1) is 22.5. The molecular weight excluding hydrogens is 403 g/mol. The number of hydrogen-bond donors (Lipinski definition) is 2. The number of anilines is 1. The summed E-state index contributed by atoms with van der Waals surface area (Å²) in [5, 5.41) is 7.09. The minimum atomic E-state index is -0.662. The molecule has 1 aromatic carbocycles. The van der Waals surface area contributed by atoms with E-state index in [-0.39, 0.29) is 36.6 Å². The fraction of sp³-hybridized carbons (Fsp3) is 0.409. The maximum Gasteiger partial charge on any atom is 0.313 e. The van der Waals surface area contributed by atoms with Crippen molar-refractivity contribution in [2.75, 3.05) is 18.0 Å². The number of carbonyl (C=O) groups is 1. The van der Waals surface area contributed by atoms with Crippen molar-refractivity contribution in [3.8, 4) is 5.75 Å². The van der Waals surface area contributed by atoms with Crippen LogP contribution in [0.3, 0.4) is 0 Å². The number of rotatable bonds is 10. The van der Waals surface area contributed by atoms with Crippen LogP contribution in [-0.4, -0.2) is 42.1 Å². The fourth-order valence-electron chi connectivity index (χ4n) is 3.01. The number of halogens is 1. The summed E-state index contributed by atoms with van der Waals surface area (Å²) in [6.45, 7) is 5.25. The summed E-state index contributed by atoms with van der Waals surface area (Å²) in [5.41, 5.74) is 6.69. The van der Waals surface area contributed by atoms with E-state index in [1.54, 1.807) is 24.4 Å². The summed E-state index contributed by atoms with van der Waals surface area (Å²) < 4.78 is 31.2. The van der Waals surface area contributed by atoms with Crippen molar-refractivity contribution >= 4 is 17.5 Å². The second-order valence-corrected chi connectivity index (χ2v) is 7.60. The SMILES string of the molecule is CC(C)OCc1ccc(OC2CN(c3cccc(COC(=O)CC(=N)N)c3F)C2)cn1. The summed E-state index contributed by atoms with van der Waals surface area (Å²) >= 11 is 0. The van der Waals surface area contributed by atoms with E-state index in [9.17, 15) is 9.18 Å². The smallest absolute Gasteiger partial charge is 0.313 e. The van der Waals surface area contributed by atoms with Crippen molar-refractivity contribution in [2.45, 2.75) is 45.7 Å². The Morgan fingerprint density at radius 3 is 2.71 bits per heavy atom. The Morgan fingerprint density at radius 2 is 2.06 bits per heavy atom. The molecule has 0 radical (unpaired) electrons. The zero-order valence-corrected chi connectivity index (χ0v) is 17.6. The number of ether oxygens (including phenoxy) is 3. The van der Waals surface area contributed by atoms with Gasteiger partial charge in [0.2, 0.25) is 0 Å². The van der Waals surface area contributed by atoms with Crippen LogP contribution in [0.5, 0.6) is 5.75 Å². The molecule has 0 atom stereocenters. The molecule has 3 rings (SSSR count). The number of aromatic nitrogens is 1. The number of amidine groups is 1. The van der Waals surface area contributed by atoms with Crippen molar-refractivity contribution in [2.24, 2.45) is 5.73 Å². The van der Waals surface area contributed by atoms with Crippen molar-refractivity contribution in [3.63, 3.8) is 0 Å². The van der Waals surface area contributed by atoms with E-state index in [2.05, 4.69) is 4.98 Å². The van der Waals surface area contributed by atoms with Gasteiger partial charge in [0.1, 0.15) is 30.7 Å². The Kier molecular flexibility index (Phi) is 7.41. The van der Waals surface area contributed by atoms with E-state index >= 15 is 0 Å². The monoisotopic (exact) mass is 430 g/mol. The Balaban J connectivity index is 1.50. The topological polar surface area (TPSA) is 111 Å². The first-order valence-electron chi connectivity index (χ1n) is 10.1. The van der Waals surface area contributed by atoms with Gasteiger partial charge in [0.25, 0.3) is 0 Å². The molecule has 3 N–H and O–H groups in total. The van der Waals surface area contributed by atoms with Crippen LogP contribution in [0.2, 0.25) is 0 Å². The molecule has 31 heavy (non-hydrogen) atoms. The molecule has 1 aromatic heterocycles. The number of nitrogens with one attached hydrogen (secondary N) is 1. The van der Waals surface area contributed by atoms with Gasteiger partial charge in [0.15, 0.2) is 5.82 Å². The molecule has 1 saturated heterocycles. The third-order valence-electron chi connectivity index (χ3n) is 4.64. The summed E-state index contributed by atoms with van der Waals surface area (Å²) in [6.07, 6.45) is 1.42. The lowest BCUT2D eigenvalue weighted by molar-refractivity contribution is -0.143. The molecule has 166 valence electrons. The summed E-state index contributed by atoms with van der Waals surface area (Å²) in [4.78, 5) is 17.7. The normalized spacial score (nSPS) is 13.7. The average molecular weight is 430 g/mol. The number of pyridine rings is 1. The first-order chi connectivity index (χ1) is 14.8. The fourth-order valence-corrected chi connectivity index (χ4v) is 3.01. The lowest BCUT2D eigenvalue weighted by Gasteiger charge is -2.40. The zero-order valence-electron chi connectivity index (χ0n) is 17.6. The van der Waals surface area contributed by atoms with Crippen LogP contribution in [0.4, 0.5) is 10.1 Å². The van der Waals surface area contributed by atoms with Gasteiger partial charge in [0, 0.05) is 5.56 Å². The van der Waals surface area contributed by atoms with Crippen LogP contribution < -0.4 is 15.4 Å². The zero-order chi connectivity index (χ0) is 22.4. The molecular formula is C22H27FN4O4. The largest absolute Gasteiger partial charge is 0.485 e. The van der Waals surface area contributed by atoms with Crippen molar-refractivity contribution in [1.82, 2.24) is 4.98 Å². The molecule has 2 heterocycles. The minimum absolute atomic E-state index is 0.0731. The summed E-state index contributed by atoms with van der Waals surface area (Å²) in [5.74, 6) is -0.734. The molecule has 0 amide bonds. The van der Waals surface area contributed by atoms with Crippen LogP contribution in [0.25, 0.3) is 0 Å². The molecule has 8 nitrogen and oxygen atoms in total. The van der Waals surface area contributed by atoms with Gasteiger partial charge in [-0.2, -0.15) is 0 Å². The first-order valence-corrected chi connectivity index (χ1v) is 10.1. The van der Waals surface area contributed by atoms with Crippen molar-refractivity contribution in [1.29, 1.82) is 5.41 Å². The predicted octanol–water partition coefficient (Wildman–Crippen LogP) is 2.78. The van der Waals surface area contributed by atoms with Gasteiger partial charge in [-0.3, -0.25) is 15.2 Å². The highest BCUT2D eigenvalue weighted by atomic mass is 19.1. The van der Waals surface area contributed by atoms with Crippen molar-refractivity contribution < 1.29 is 23.4 Å². The number of hydrogen-bond acceptors (Lipinski definition) is 7. The number of nitrogens with zero attached hydrogens (tertiary/aromatic N) is 2. The van der Waals surface area contributed by atoms with Crippen LogP contribution in [0.15, 0.2) is 36.5 Å². The second-order valence-electron chi connectivity index (χ2n) is 7.60. The Morgan fingerprint density at radius 1 is 1.29 bits per heavy atom. The number of benzene rings is 1. The Hall–Kier alpha value is -3.20. The Labute approximate surface area is 180 Å². The lowest BCUT2D eigenvalue weighted by Crippen LogP contribution is -2.54. The standard InChI is InChI=1S/C22H27FN4O4/c1-14(2)29-13-16-6-7-17(9-26-16)31-18-10-27(11-18)19-5-3-4-15(22(19)23)12-30-21(28)8-20(24)25/h3-7,9,14,18H,8,10-13H2,1-2H3,(H3,24,25). The summed E-state index contributed by atoms with van der Waals surface area (Å²) in [6, 6.07) is 8.67. The average Bonchev–Trinajstić information content (AvgIpc) is 2.69. The van der Waals surface area contributed by atoms with Gasteiger partial charge < -0.3 is 24.8 Å². The van der Waals surface area contributed by atoms with Crippen LogP contribution in [-0.2, 0) is 27.5 Å². The quantitative estimate of drug-likeness (QED) is 0.339. The van der Waals surface area contributed by atoms with Crippen LogP contribution in [0.1, 0.15) is 31.5 Å². The molecule has 1 fully saturated rings. The van der Waals surface area contributed by atoms with Gasteiger partial charge in [-0.25, -0.2) is 4.39 Å². The number of esters is 1. The lowest BCUT2D eigenvalue weighted by atomic mass is 10.1. The van der Waals surface area contributed by atoms with Gasteiger partial charge in [-0.15, -0.1) is 0 Å². The molecule has 9 heteroatoms. The highest BCUT2D eigenvalue weighted by Crippen LogP contribution is 2.28. The molecule has 0 saturated carbocycles. The molecule has 0 spiro atoms. The Bertz CT molecular complexity index is 914. The highest BCUT2D eigenvalue weighted by molar-refractivity contribution is 5.94. The third-order valence-corrected chi connectivity index (χ3v) is 4.64. The van der Waals surface area contributed by atoms with E-state index in [0.717, 1.165) is 5.69 Å². The van der Waals surface area contributed by atoms with Gasteiger partial charge in [0.05, 0.1) is 43.4 Å². The van der Waals surface area contributed by atoms with E-state index < -0.39 is 11.8 Å². The molecule has 2 aromatic rings. The molecule has 1 aliphatic heterocycles. The van der Waals surface area contributed by atoms with Crippen LogP contribution in [0, 0.1) is 11.2 Å². The minimum Gasteiger partial charge on any atom is -0.485 e. The maximum absolute atomic E-state index is 14.8. The van der Waals surface area contributed by atoms with Gasteiger partial charge in [-0.1, -0.05) is 12.1 Å². The number of nitrogens with two attached hydrogens (primary N) is 1. The van der Waals surface area contributed by atoms with Crippen molar-refractivity contribution in [3.05, 3.63) is 53.6 Å². The van der Waals surface area contributed by atoms with E-state index in [0.29, 0.717) is 31.1 Å². The van der Waals surface area contributed by atoms with E-state index in [1.165, 1.54) is 0 Å².